The Morgan fingerprint density at radius 2 is 1.90 bits per heavy atom. The lowest BCUT2D eigenvalue weighted by Crippen LogP contribution is -2.35. The van der Waals surface area contributed by atoms with Crippen molar-refractivity contribution in [2.24, 2.45) is 5.73 Å². The average molecular weight is 412 g/mol. The summed E-state index contributed by atoms with van der Waals surface area (Å²) in [7, 11) is 0. The van der Waals surface area contributed by atoms with Gasteiger partial charge in [-0.25, -0.2) is 9.97 Å². The maximum atomic E-state index is 13.4. The number of hydrogen-bond acceptors (Lipinski definition) is 5. The van der Waals surface area contributed by atoms with Gasteiger partial charge in [-0.15, -0.1) is 0 Å². The maximum absolute atomic E-state index is 13.4. The Balaban J connectivity index is 1.48. The molecular weight excluding hydrogens is 392 g/mol. The van der Waals surface area contributed by atoms with E-state index < -0.39 is 11.9 Å². The van der Waals surface area contributed by atoms with E-state index in [1.807, 2.05) is 48.0 Å². The third-order valence-corrected chi connectivity index (χ3v) is 5.55. The molecule has 0 saturated heterocycles. The van der Waals surface area contributed by atoms with Gasteiger partial charge in [0.05, 0.1) is 11.7 Å². The van der Waals surface area contributed by atoms with Gasteiger partial charge in [0.2, 0.25) is 11.7 Å². The predicted octanol–water partition coefficient (Wildman–Crippen LogP) is 2.49. The molecule has 1 aliphatic rings. The molecule has 1 aliphatic heterocycles. The molecule has 4 aromatic rings. The molecule has 1 atom stereocenters. The van der Waals surface area contributed by atoms with Gasteiger partial charge in [0, 0.05) is 35.9 Å². The summed E-state index contributed by atoms with van der Waals surface area (Å²) in [5.74, 6) is 0.302. The van der Waals surface area contributed by atoms with E-state index in [2.05, 4.69) is 15.3 Å². The van der Waals surface area contributed by atoms with Crippen LogP contribution in [0.3, 0.4) is 0 Å². The molecule has 8 heteroatoms. The Hall–Kier alpha value is -4.04. The van der Waals surface area contributed by atoms with Crippen molar-refractivity contribution >= 4 is 11.7 Å². The highest BCUT2D eigenvalue weighted by Crippen LogP contribution is 2.28. The number of hydrogen-bond donors (Lipinski definition) is 2. The van der Waals surface area contributed by atoms with Crippen molar-refractivity contribution in [3.63, 3.8) is 0 Å². The molecular formula is C23H20N6O2. The molecule has 0 spiro atoms. The van der Waals surface area contributed by atoms with Crippen molar-refractivity contribution in [1.82, 2.24) is 24.4 Å². The topological polar surface area (TPSA) is 108 Å². The Kier molecular flexibility index (Phi) is 4.48. The summed E-state index contributed by atoms with van der Waals surface area (Å²) in [5.41, 5.74) is 9.50. The summed E-state index contributed by atoms with van der Waals surface area (Å²) in [6.45, 7) is 2.41. The molecule has 0 radical (unpaired) electrons. The molecule has 2 aromatic carbocycles. The molecule has 0 fully saturated rings. The molecule has 3 N–H and O–H groups in total. The van der Waals surface area contributed by atoms with Crippen LogP contribution in [-0.2, 0) is 6.54 Å². The van der Waals surface area contributed by atoms with Crippen LogP contribution in [0.2, 0.25) is 0 Å². The van der Waals surface area contributed by atoms with E-state index in [0.29, 0.717) is 29.2 Å². The van der Waals surface area contributed by atoms with E-state index in [9.17, 15) is 9.59 Å². The number of carbonyl (C=O) groups excluding carboxylic acids is 2. The molecule has 154 valence electrons. The second kappa shape index (κ2) is 7.33. The van der Waals surface area contributed by atoms with Crippen LogP contribution in [-0.4, -0.2) is 30.8 Å². The number of fused-ring (bicyclic) bond motifs is 1. The zero-order chi connectivity index (χ0) is 21.5. The molecule has 31 heavy (non-hydrogen) atoms. The van der Waals surface area contributed by atoms with Gasteiger partial charge >= 0.3 is 0 Å². The van der Waals surface area contributed by atoms with Crippen molar-refractivity contribution in [3.8, 4) is 11.4 Å². The molecule has 8 nitrogen and oxygen atoms in total. The van der Waals surface area contributed by atoms with Crippen LogP contribution >= 0.6 is 0 Å². The van der Waals surface area contributed by atoms with Crippen LogP contribution in [0.5, 0.6) is 0 Å². The van der Waals surface area contributed by atoms with E-state index in [1.54, 1.807) is 35.3 Å². The minimum atomic E-state index is -0.519. The Morgan fingerprint density at radius 3 is 2.61 bits per heavy atom. The number of aromatic nitrogens is 4. The molecule has 2 aromatic heterocycles. The lowest BCUT2D eigenvalue weighted by molar-refractivity contribution is 0.0922. The van der Waals surface area contributed by atoms with E-state index in [4.69, 9.17) is 5.73 Å². The zero-order valence-corrected chi connectivity index (χ0v) is 16.8. The summed E-state index contributed by atoms with van der Waals surface area (Å²) < 4.78 is 3.71. The standard InChI is InChI=1S/C23H20N6O2/c1-14-25-9-10-28(14)17-7-5-15(6-8-17)20-22(30)21-19(12-26-20)27-13-29(21)18-4-2-3-16(11-18)23(24)31/h2-11,13,20,26H,12H2,1H3,(H2,24,31). The largest absolute Gasteiger partial charge is 0.366 e. The smallest absolute Gasteiger partial charge is 0.248 e. The number of amides is 1. The van der Waals surface area contributed by atoms with Crippen molar-refractivity contribution < 1.29 is 9.59 Å². The van der Waals surface area contributed by atoms with Crippen molar-refractivity contribution in [2.75, 3.05) is 0 Å². The van der Waals surface area contributed by atoms with E-state index in [0.717, 1.165) is 17.1 Å². The SMILES string of the molecule is Cc1nccn1-c1ccc(C2NCc3ncn(-c4cccc(C(N)=O)c4)c3C2=O)cc1. The summed E-state index contributed by atoms with van der Waals surface area (Å²) in [4.78, 5) is 33.6. The van der Waals surface area contributed by atoms with Crippen LogP contribution in [0.15, 0.2) is 67.3 Å². The monoisotopic (exact) mass is 412 g/mol. The Bertz CT molecular complexity index is 1300. The van der Waals surface area contributed by atoms with Gasteiger partial charge in [-0.2, -0.15) is 0 Å². The first-order chi connectivity index (χ1) is 15.0. The zero-order valence-electron chi connectivity index (χ0n) is 16.8. The fraction of sp³-hybridized carbons (Fsp3) is 0.130. The second-order valence-corrected chi connectivity index (χ2v) is 7.44. The minimum Gasteiger partial charge on any atom is -0.366 e. The number of aryl methyl sites for hydroxylation is 1. The van der Waals surface area contributed by atoms with Crippen LogP contribution < -0.4 is 11.1 Å². The number of nitrogens with two attached hydrogens (primary N) is 1. The Morgan fingerprint density at radius 1 is 1.10 bits per heavy atom. The highest BCUT2D eigenvalue weighted by atomic mass is 16.1. The van der Waals surface area contributed by atoms with Gasteiger partial charge in [0.25, 0.3) is 0 Å². The van der Waals surface area contributed by atoms with Crippen molar-refractivity contribution in [1.29, 1.82) is 0 Å². The average Bonchev–Trinajstić information content (AvgIpc) is 3.41. The van der Waals surface area contributed by atoms with Crippen LogP contribution in [0.4, 0.5) is 0 Å². The molecule has 5 rings (SSSR count). The van der Waals surface area contributed by atoms with Gasteiger partial charge in [-0.3, -0.25) is 19.5 Å². The maximum Gasteiger partial charge on any atom is 0.248 e. The number of ketones is 1. The van der Waals surface area contributed by atoms with Gasteiger partial charge in [-0.05, 0) is 42.8 Å². The molecule has 0 bridgehead atoms. The third-order valence-electron chi connectivity index (χ3n) is 5.55. The number of benzene rings is 2. The number of carbonyl (C=O) groups is 2. The van der Waals surface area contributed by atoms with Crippen LogP contribution in [0.1, 0.15) is 44.0 Å². The van der Waals surface area contributed by atoms with Crippen LogP contribution in [0, 0.1) is 6.92 Å². The lowest BCUT2D eigenvalue weighted by atomic mass is 9.96. The normalized spacial score (nSPS) is 15.6. The summed E-state index contributed by atoms with van der Waals surface area (Å²) in [6, 6.07) is 14.2. The first-order valence-corrected chi connectivity index (χ1v) is 9.87. The first-order valence-electron chi connectivity index (χ1n) is 9.87. The number of imidazole rings is 2. The van der Waals surface area contributed by atoms with Gasteiger partial charge in [-0.1, -0.05) is 18.2 Å². The first kappa shape index (κ1) is 19.0. The molecule has 0 saturated carbocycles. The van der Waals surface area contributed by atoms with E-state index >= 15 is 0 Å². The number of primary amides is 1. The molecule has 1 amide bonds. The molecule has 0 aliphatic carbocycles. The quantitative estimate of drug-likeness (QED) is 0.535. The van der Waals surface area contributed by atoms with Crippen molar-refractivity contribution in [3.05, 3.63) is 95.6 Å². The minimum absolute atomic E-state index is 0.0743. The number of Topliss-reactive ketones (excluding diaryl/α,β-unsaturated/α-hetero) is 1. The lowest BCUT2D eigenvalue weighted by Gasteiger charge is -2.24. The predicted molar refractivity (Wildman–Crippen MR) is 114 cm³/mol. The summed E-state index contributed by atoms with van der Waals surface area (Å²) in [5, 5.41) is 3.28. The van der Waals surface area contributed by atoms with Crippen LogP contribution in [0.25, 0.3) is 11.4 Å². The third kappa shape index (κ3) is 3.23. The fourth-order valence-corrected chi connectivity index (χ4v) is 3.96. The second-order valence-electron chi connectivity index (χ2n) is 7.44. The van der Waals surface area contributed by atoms with E-state index in [1.165, 1.54) is 0 Å². The molecule has 3 heterocycles. The molecule has 1 unspecified atom stereocenters. The highest BCUT2D eigenvalue weighted by molar-refractivity contribution is 6.02. The number of nitrogens with one attached hydrogen (secondary N) is 1. The summed E-state index contributed by atoms with van der Waals surface area (Å²) in [6.07, 6.45) is 5.27. The Labute approximate surface area is 178 Å². The fourth-order valence-electron chi connectivity index (χ4n) is 3.96. The van der Waals surface area contributed by atoms with E-state index in [-0.39, 0.29) is 5.78 Å². The highest BCUT2D eigenvalue weighted by Gasteiger charge is 2.32. The summed E-state index contributed by atoms with van der Waals surface area (Å²) >= 11 is 0. The van der Waals surface area contributed by atoms with Gasteiger partial charge < -0.3 is 10.3 Å². The number of rotatable bonds is 4. The van der Waals surface area contributed by atoms with Gasteiger partial charge in [0.1, 0.15) is 17.8 Å². The van der Waals surface area contributed by atoms with Gasteiger partial charge in [0.15, 0.2) is 0 Å². The van der Waals surface area contributed by atoms with Crippen molar-refractivity contribution in [2.45, 2.75) is 19.5 Å². The number of nitrogens with zero attached hydrogens (tertiary/aromatic N) is 4.